The van der Waals surface area contributed by atoms with Crippen LogP contribution in [0.25, 0.3) is 6.08 Å². The molecule has 1 N–H and O–H groups in total. The Kier molecular flexibility index (Phi) is 5.31. The van der Waals surface area contributed by atoms with Crippen LogP contribution in [0.3, 0.4) is 0 Å². The molecule has 0 spiro atoms. The zero-order valence-corrected chi connectivity index (χ0v) is 13.3. The molecule has 0 saturated carbocycles. The first-order chi connectivity index (χ1) is 11.7. The quantitative estimate of drug-likeness (QED) is 0.488. The van der Waals surface area contributed by atoms with E-state index in [9.17, 15) is 30.4 Å². The van der Waals surface area contributed by atoms with Crippen LogP contribution in [0.4, 0.5) is 27.6 Å². The summed E-state index contributed by atoms with van der Waals surface area (Å²) in [6.07, 6.45) is 1.06. The maximum absolute atomic E-state index is 13.5. The molecular weight excluding hydrogens is 369 g/mol. The van der Waals surface area contributed by atoms with Gasteiger partial charge in [-0.25, -0.2) is 30.4 Å². The third kappa shape index (κ3) is 4.08. The average molecular weight is 379 g/mol. The van der Waals surface area contributed by atoms with Gasteiger partial charge in [-0.1, -0.05) is 12.1 Å². The smallest absolute Gasteiger partial charge is 0.255 e. The molecule has 0 amide bonds. The Balaban J connectivity index is 2.31. The first-order valence-electron chi connectivity index (χ1n) is 6.52. The van der Waals surface area contributed by atoms with Gasteiger partial charge in [-0.2, -0.15) is 0 Å². The molecule has 2 aromatic carbocycles. The van der Waals surface area contributed by atoms with Crippen molar-refractivity contribution in [3.63, 3.8) is 0 Å². The molecule has 10 heteroatoms. The largest absolute Gasteiger partial charge is 0.497 e. The van der Waals surface area contributed by atoms with Gasteiger partial charge in [-0.05, 0) is 23.8 Å². The van der Waals surface area contributed by atoms with Crippen molar-refractivity contribution in [2.24, 2.45) is 0 Å². The van der Waals surface area contributed by atoms with Gasteiger partial charge in [-0.15, -0.1) is 0 Å². The third-order valence-corrected chi connectivity index (χ3v) is 3.99. The van der Waals surface area contributed by atoms with Crippen LogP contribution >= 0.6 is 0 Å². The lowest BCUT2D eigenvalue weighted by Crippen LogP contribution is -2.15. The number of anilines is 1. The number of rotatable bonds is 5. The Bertz CT molecular complexity index is 898. The van der Waals surface area contributed by atoms with Crippen molar-refractivity contribution in [1.29, 1.82) is 0 Å². The van der Waals surface area contributed by atoms with Crippen LogP contribution in [0, 0.1) is 29.1 Å². The molecule has 2 rings (SSSR count). The first-order valence-corrected chi connectivity index (χ1v) is 8.07. The van der Waals surface area contributed by atoms with Crippen molar-refractivity contribution in [2.45, 2.75) is 0 Å². The second kappa shape index (κ2) is 7.09. The summed E-state index contributed by atoms with van der Waals surface area (Å²) in [6, 6.07) is 6.04. The van der Waals surface area contributed by atoms with E-state index in [-0.39, 0.29) is 0 Å². The van der Waals surface area contributed by atoms with E-state index in [1.54, 1.807) is 0 Å². The van der Waals surface area contributed by atoms with Gasteiger partial charge in [0.15, 0.2) is 23.3 Å². The van der Waals surface area contributed by atoms with Crippen molar-refractivity contribution >= 4 is 21.8 Å². The van der Waals surface area contributed by atoms with Crippen LogP contribution in [0.2, 0.25) is 0 Å². The third-order valence-electron chi connectivity index (χ3n) is 3.01. The minimum Gasteiger partial charge on any atom is -0.497 e. The number of hydrogen-bond donors (Lipinski definition) is 1. The van der Waals surface area contributed by atoms with Gasteiger partial charge in [0.25, 0.3) is 10.0 Å². The fraction of sp³-hybridized carbons (Fsp3) is 0.0667. The Morgan fingerprint density at radius 2 is 1.36 bits per heavy atom. The SMILES string of the molecule is COc1ccc(/C=C/S(=O)(=O)Nc2c(F)c(F)c(F)c(F)c2F)cc1. The summed E-state index contributed by atoms with van der Waals surface area (Å²) >= 11 is 0. The van der Waals surface area contributed by atoms with Gasteiger partial charge in [0.1, 0.15) is 11.4 Å². The minimum absolute atomic E-state index is 0.392. The van der Waals surface area contributed by atoms with Crippen molar-refractivity contribution < 1.29 is 35.1 Å². The molecule has 134 valence electrons. The number of nitrogens with one attached hydrogen (secondary N) is 1. The second-order valence-electron chi connectivity index (χ2n) is 4.67. The Morgan fingerprint density at radius 1 is 0.880 bits per heavy atom. The monoisotopic (exact) mass is 379 g/mol. The van der Waals surface area contributed by atoms with E-state index in [0.717, 1.165) is 6.08 Å². The highest BCUT2D eigenvalue weighted by Gasteiger charge is 2.27. The summed E-state index contributed by atoms with van der Waals surface area (Å²) in [5.74, 6) is -10.9. The molecule has 25 heavy (non-hydrogen) atoms. The lowest BCUT2D eigenvalue weighted by molar-refractivity contribution is 0.382. The summed E-state index contributed by atoms with van der Waals surface area (Å²) in [5, 5.41) is 0.521. The molecule has 0 aliphatic rings. The topological polar surface area (TPSA) is 55.4 Å². The molecule has 0 aromatic heterocycles. The predicted molar refractivity (Wildman–Crippen MR) is 80.8 cm³/mol. The number of benzene rings is 2. The van der Waals surface area contributed by atoms with Crippen molar-refractivity contribution in [2.75, 3.05) is 11.8 Å². The fourth-order valence-electron chi connectivity index (χ4n) is 1.75. The number of hydrogen-bond acceptors (Lipinski definition) is 3. The molecule has 0 bridgehead atoms. The molecule has 0 saturated heterocycles. The molecule has 0 unspecified atom stereocenters. The normalized spacial score (nSPS) is 11.8. The van der Waals surface area contributed by atoms with Crippen LogP contribution in [0.15, 0.2) is 29.7 Å². The maximum atomic E-state index is 13.5. The summed E-state index contributed by atoms with van der Waals surface area (Å²) in [5.41, 5.74) is -1.26. The van der Waals surface area contributed by atoms with Crippen LogP contribution in [-0.2, 0) is 10.0 Å². The molecule has 0 aliphatic carbocycles. The summed E-state index contributed by atoms with van der Waals surface area (Å²) < 4.78 is 95.9. The fourth-order valence-corrected chi connectivity index (χ4v) is 2.62. The Hall–Kier alpha value is -2.62. The highest BCUT2D eigenvalue weighted by Crippen LogP contribution is 2.28. The zero-order valence-electron chi connectivity index (χ0n) is 12.5. The van der Waals surface area contributed by atoms with Crippen molar-refractivity contribution in [1.82, 2.24) is 0 Å². The van der Waals surface area contributed by atoms with Crippen LogP contribution in [0.5, 0.6) is 5.75 Å². The Morgan fingerprint density at radius 3 is 1.84 bits per heavy atom. The average Bonchev–Trinajstić information content (AvgIpc) is 2.61. The van der Waals surface area contributed by atoms with E-state index in [2.05, 4.69) is 0 Å². The summed E-state index contributed by atoms with van der Waals surface area (Å²) in [4.78, 5) is 0. The summed E-state index contributed by atoms with van der Waals surface area (Å²) in [6.45, 7) is 0. The first kappa shape index (κ1) is 18.7. The van der Waals surface area contributed by atoms with Crippen LogP contribution in [0.1, 0.15) is 5.56 Å². The highest BCUT2D eigenvalue weighted by molar-refractivity contribution is 7.95. The molecule has 2 aromatic rings. The number of sulfonamides is 1. The van der Waals surface area contributed by atoms with Gasteiger partial charge >= 0.3 is 0 Å². The zero-order chi connectivity index (χ0) is 18.8. The van der Waals surface area contributed by atoms with Gasteiger partial charge in [0.05, 0.1) is 12.5 Å². The minimum atomic E-state index is -4.54. The lowest BCUT2D eigenvalue weighted by atomic mass is 10.2. The second-order valence-corrected chi connectivity index (χ2v) is 6.23. The molecule has 0 atom stereocenters. The van der Waals surface area contributed by atoms with E-state index >= 15 is 0 Å². The summed E-state index contributed by atoms with van der Waals surface area (Å²) in [7, 11) is -3.10. The lowest BCUT2D eigenvalue weighted by Gasteiger charge is -2.09. The Labute approximate surface area is 139 Å². The van der Waals surface area contributed by atoms with Gasteiger partial charge in [0, 0.05) is 0 Å². The molecule has 0 aliphatic heterocycles. The van der Waals surface area contributed by atoms with Crippen LogP contribution in [-0.4, -0.2) is 15.5 Å². The van der Waals surface area contributed by atoms with E-state index < -0.39 is 44.8 Å². The van der Waals surface area contributed by atoms with Crippen molar-refractivity contribution in [3.05, 3.63) is 64.3 Å². The molecule has 0 heterocycles. The highest BCUT2D eigenvalue weighted by atomic mass is 32.2. The van der Waals surface area contributed by atoms with E-state index in [1.165, 1.54) is 36.1 Å². The van der Waals surface area contributed by atoms with Gasteiger partial charge in [0.2, 0.25) is 5.82 Å². The number of halogens is 5. The standard InChI is InChI=1S/C15H10F5NO3S/c1-24-9-4-2-8(3-5-9)6-7-25(22,23)21-15-13(19)11(17)10(16)12(18)14(15)20/h2-7,21H,1H3/b7-6+. The van der Waals surface area contributed by atoms with Crippen molar-refractivity contribution in [3.8, 4) is 5.75 Å². The molecule has 0 fully saturated rings. The molecular formula is C15H10F5NO3S. The van der Waals surface area contributed by atoms with E-state index in [0.29, 0.717) is 16.7 Å². The molecule has 0 radical (unpaired) electrons. The number of methoxy groups -OCH3 is 1. The molecule has 4 nitrogen and oxygen atoms in total. The van der Waals surface area contributed by atoms with Crippen LogP contribution < -0.4 is 9.46 Å². The van der Waals surface area contributed by atoms with Gasteiger partial charge < -0.3 is 4.74 Å². The van der Waals surface area contributed by atoms with E-state index in [4.69, 9.17) is 4.74 Å². The maximum Gasteiger partial charge on any atom is 0.255 e. The number of ether oxygens (including phenoxy) is 1. The van der Waals surface area contributed by atoms with E-state index in [1.807, 2.05) is 0 Å². The van der Waals surface area contributed by atoms with Gasteiger partial charge in [-0.3, -0.25) is 4.72 Å². The predicted octanol–water partition coefficient (Wildman–Crippen LogP) is 3.80.